The van der Waals surface area contributed by atoms with Crippen LogP contribution in [0.25, 0.3) is 0 Å². The molecule has 0 radical (unpaired) electrons. The first-order valence-electron chi connectivity index (χ1n) is 7.37. The number of aliphatic carboxylic acids is 1. The molecule has 1 atom stereocenters. The molecule has 0 saturated heterocycles. The van der Waals surface area contributed by atoms with Crippen LogP contribution in [0, 0.1) is 5.92 Å². The Bertz CT molecular complexity index is 698. The number of ether oxygens (including phenoxy) is 1. The van der Waals surface area contributed by atoms with Crippen molar-refractivity contribution in [2.45, 2.75) is 12.8 Å². The second kappa shape index (κ2) is 8.36. The van der Waals surface area contributed by atoms with Crippen molar-refractivity contribution < 1.29 is 19.4 Å². The third-order valence-electron chi connectivity index (χ3n) is 3.54. The van der Waals surface area contributed by atoms with Crippen LogP contribution in [0.3, 0.4) is 0 Å². The van der Waals surface area contributed by atoms with Crippen molar-refractivity contribution in [1.82, 2.24) is 0 Å². The van der Waals surface area contributed by atoms with E-state index in [1.165, 1.54) is 0 Å². The molecule has 0 bridgehead atoms. The zero-order valence-electron chi connectivity index (χ0n) is 13.1. The van der Waals surface area contributed by atoms with E-state index in [1.807, 2.05) is 0 Å². The number of carbonyl (C=O) groups excluding carboxylic acids is 2. The number of nitrogens with one attached hydrogen (secondary N) is 1. The van der Waals surface area contributed by atoms with E-state index in [2.05, 4.69) is 5.32 Å². The van der Waals surface area contributed by atoms with Gasteiger partial charge in [0, 0.05) is 22.6 Å². The van der Waals surface area contributed by atoms with Crippen molar-refractivity contribution in [3.05, 3.63) is 59.1 Å². The van der Waals surface area contributed by atoms with Crippen molar-refractivity contribution in [1.29, 1.82) is 0 Å². The fourth-order valence-corrected chi connectivity index (χ4v) is 2.41. The molecule has 0 spiro atoms. The average Bonchev–Trinajstić information content (AvgIpc) is 2.56. The summed E-state index contributed by atoms with van der Waals surface area (Å²) in [6, 6.07) is 13.7. The smallest absolute Gasteiger partial charge is 0.228 e. The van der Waals surface area contributed by atoms with Crippen LogP contribution in [0.1, 0.15) is 12.0 Å². The summed E-state index contributed by atoms with van der Waals surface area (Å²) in [4.78, 5) is 23.4. The highest BCUT2D eigenvalue weighted by atomic mass is 35.5. The van der Waals surface area contributed by atoms with Gasteiger partial charge in [-0.1, -0.05) is 23.7 Å². The van der Waals surface area contributed by atoms with Gasteiger partial charge in [0.1, 0.15) is 5.75 Å². The maximum atomic E-state index is 12.4. The van der Waals surface area contributed by atoms with Crippen molar-refractivity contribution >= 4 is 29.2 Å². The van der Waals surface area contributed by atoms with E-state index in [0.717, 1.165) is 5.56 Å². The molecule has 1 amide bonds. The molecule has 0 unspecified atom stereocenters. The summed E-state index contributed by atoms with van der Waals surface area (Å²) in [5.41, 5.74) is 1.40. The van der Waals surface area contributed by atoms with E-state index < -0.39 is 11.9 Å². The number of benzene rings is 2. The number of anilines is 1. The Morgan fingerprint density at radius 2 is 1.75 bits per heavy atom. The molecule has 2 aromatic carbocycles. The first-order chi connectivity index (χ1) is 11.5. The van der Waals surface area contributed by atoms with E-state index in [-0.39, 0.29) is 18.7 Å². The first-order valence-corrected chi connectivity index (χ1v) is 7.75. The highest BCUT2D eigenvalue weighted by Crippen LogP contribution is 2.19. The molecule has 0 aliphatic heterocycles. The standard InChI is InChI=1S/C18H18ClNO4/c1-24-16-8-6-15(7-9-16)20-18(23)13(11-17(21)22)10-12-2-4-14(19)5-3-12/h2-9,13H,10-11H2,1H3,(H,20,23)(H,21,22)/p-1/t13-/m0/s1. The molecular weight excluding hydrogens is 330 g/mol. The largest absolute Gasteiger partial charge is 0.550 e. The summed E-state index contributed by atoms with van der Waals surface area (Å²) in [5.74, 6) is -1.71. The Morgan fingerprint density at radius 1 is 1.12 bits per heavy atom. The maximum Gasteiger partial charge on any atom is 0.228 e. The van der Waals surface area contributed by atoms with Gasteiger partial charge in [-0.25, -0.2) is 0 Å². The molecule has 126 valence electrons. The minimum Gasteiger partial charge on any atom is -0.550 e. The number of hydrogen-bond acceptors (Lipinski definition) is 4. The van der Waals surface area contributed by atoms with Crippen molar-refractivity contribution in [3.63, 3.8) is 0 Å². The van der Waals surface area contributed by atoms with Gasteiger partial charge in [-0.3, -0.25) is 4.79 Å². The molecule has 24 heavy (non-hydrogen) atoms. The molecule has 0 heterocycles. The number of methoxy groups -OCH3 is 1. The van der Waals surface area contributed by atoms with Gasteiger partial charge in [0.25, 0.3) is 0 Å². The predicted molar refractivity (Wildman–Crippen MR) is 89.9 cm³/mol. The van der Waals surface area contributed by atoms with Gasteiger partial charge in [-0.2, -0.15) is 0 Å². The normalized spacial score (nSPS) is 11.6. The summed E-state index contributed by atoms with van der Waals surface area (Å²) in [6.45, 7) is 0. The average molecular weight is 347 g/mol. The quantitative estimate of drug-likeness (QED) is 0.834. The lowest BCUT2D eigenvalue weighted by Gasteiger charge is -2.17. The molecule has 6 heteroatoms. The molecule has 1 N–H and O–H groups in total. The Morgan fingerprint density at radius 3 is 2.29 bits per heavy atom. The van der Waals surface area contributed by atoms with Crippen LogP contribution in [0.5, 0.6) is 5.75 Å². The van der Waals surface area contributed by atoms with E-state index in [0.29, 0.717) is 16.5 Å². The Labute approximate surface area is 145 Å². The molecular formula is C18H17ClNO4-. The van der Waals surface area contributed by atoms with Crippen molar-refractivity contribution in [3.8, 4) is 5.75 Å². The van der Waals surface area contributed by atoms with Gasteiger partial charge >= 0.3 is 0 Å². The van der Waals surface area contributed by atoms with Gasteiger partial charge < -0.3 is 20.0 Å². The fourth-order valence-electron chi connectivity index (χ4n) is 2.28. The molecule has 2 aromatic rings. The van der Waals surface area contributed by atoms with Crippen LogP contribution in [0.2, 0.25) is 5.02 Å². The minimum absolute atomic E-state index is 0.285. The molecule has 0 aliphatic carbocycles. The minimum atomic E-state index is -1.26. The molecule has 0 saturated carbocycles. The van der Waals surface area contributed by atoms with Crippen LogP contribution in [0.4, 0.5) is 5.69 Å². The van der Waals surface area contributed by atoms with Gasteiger partial charge in [-0.15, -0.1) is 0 Å². The number of amides is 1. The zero-order chi connectivity index (χ0) is 17.5. The summed E-state index contributed by atoms with van der Waals surface area (Å²) in [7, 11) is 1.55. The van der Waals surface area contributed by atoms with Crippen molar-refractivity contribution in [2.75, 3.05) is 12.4 Å². The fraction of sp³-hybridized carbons (Fsp3) is 0.222. The van der Waals surface area contributed by atoms with Crippen molar-refractivity contribution in [2.24, 2.45) is 5.92 Å². The van der Waals surface area contributed by atoms with E-state index in [4.69, 9.17) is 16.3 Å². The van der Waals surface area contributed by atoms with Gasteiger partial charge in [0.05, 0.1) is 7.11 Å². The van der Waals surface area contributed by atoms with Crippen LogP contribution in [-0.2, 0) is 16.0 Å². The van der Waals surface area contributed by atoms with Crippen LogP contribution < -0.4 is 15.2 Å². The third kappa shape index (κ3) is 5.28. The third-order valence-corrected chi connectivity index (χ3v) is 3.79. The number of rotatable bonds is 7. The molecule has 0 aromatic heterocycles. The second-order valence-corrected chi connectivity index (χ2v) is 5.76. The van der Waals surface area contributed by atoms with Gasteiger partial charge in [0.15, 0.2) is 0 Å². The Kier molecular flexibility index (Phi) is 6.21. The lowest BCUT2D eigenvalue weighted by molar-refractivity contribution is -0.306. The zero-order valence-corrected chi connectivity index (χ0v) is 13.9. The molecule has 0 aliphatic rings. The second-order valence-electron chi connectivity index (χ2n) is 5.32. The summed E-state index contributed by atoms with van der Waals surface area (Å²) < 4.78 is 5.05. The highest BCUT2D eigenvalue weighted by Gasteiger charge is 2.19. The molecule has 5 nitrogen and oxygen atoms in total. The van der Waals surface area contributed by atoms with Crippen LogP contribution >= 0.6 is 11.6 Å². The number of hydrogen-bond donors (Lipinski definition) is 1. The number of halogens is 1. The Hall–Kier alpha value is -2.53. The molecule has 2 rings (SSSR count). The van der Waals surface area contributed by atoms with Crippen LogP contribution in [0.15, 0.2) is 48.5 Å². The lowest BCUT2D eigenvalue weighted by atomic mass is 9.95. The van der Waals surface area contributed by atoms with Crippen LogP contribution in [-0.4, -0.2) is 19.0 Å². The number of carboxylic acid groups (broad SMARTS) is 1. The topological polar surface area (TPSA) is 78.5 Å². The Balaban J connectivity index is 2.08. The molecule has 0 fully saturated rings. The van der Waals surface area contributed by atoms with Gasteiger partial charge in [-0.05, 0) is 54.8 Å². The summed E-state index contributed by atoms with van der Waals surface area (Å²) in [6.07, 6.45) is -0.0717. The SMILES string of the molecule is COc1ccc(NC(=O)[C@H](CC(=O)[O-])Cc2ccc(Cl)cc2)cc1. The lowest BCUT2D eigenvalue weighted by Crippen LogP contribution is -2.32. The number of carbonyl (C=O) groups is 2. The predicted octanol–water partition coefficient (Wildman–Crippen LogP) is 2.29. The first kappa shape index (κ1) is 17.8. The number of carboxylic acids is 1. The van der Waals surface area contributed by atoms with E-state index in [9.17, 15) is 14.7 Å². The van der Waals surface area contributed by atoms with E-state index in [1.54, 1.807) is 55.6 Å². The maximum absolute atomic E-state index is 12.4. The van der Waals surface area contributed by atoms with Gasteiger partial charge in [0.2, 0.25) is 5.91 Å². The summed E-state index contributed by atoms with van der Waals surface area (Å²) >= 11 is 5.83. The van der Waals surface area contributed by atoms with E-state index >= 15 is 0 Å². The monoisotopic (exact) mass is 346 g/mol. The summed E-state index contributed by atoms with van der Waals surface area (Å²) in [5, 5.41) is 14.3. The highest BCUT2D eigenvalue weighted by molar-refractivity contribution is 6.30.